The van der Waals surface area contributed by atoms with Gasteiger partial charge >= 0.3 is 12.1 Å². The van der Waals surface area contributed by atoms with E-state index in [0.717, 1.165) is 22.3 Å². The fourth-order valence-corrected chi connectivity index (χ4v) is 4.21. The van der Waals surface area contributed by atoms with Gasteiger partial charge in [-0.1, -0.05) is 48.5 Å². The molecule has 0 aliphatic heterocycles. The zero-order chi connectivity index (χ0) is 24.9. The van der Waals surface area contributed by atoms with Gasteiger partial charge in [0.1, 0.15) is 12.3 Å². The summed E-state index contributed by atoms with van der Waals surface area (Å²) in [6.45, 7) is 0.0850. The zero-order valence-corrected chi connectivity index (χ0v) is 19.4. The summed E-state index contributed by atoms with van der Waals surface area (Å²) in [5, 5.41) is 18.3. The third-order valence-corrected chi connectivity index (χ3v) is 5.95. The van der Waals surface area contributed by atoms with Crippen LogP contribution in [0.4, 0.5) is 4.79 Å². The first-order valence-electron chi connectivity index (χ1n) is 11.0. The van der Waals surface area contributed by atoms with Crippen LogP contribution in [0.15, 0.2) is 54.6 Å². The van der Waals surface area contributed by atoms with E-state index in [1.54, 1.807) is 0 Å². The molecule has 10 heteroatoms. The van der Waals surface area contributed by atoms with Crippen LogP contribution in [0, 0.1) is 0 Å². The summed E-state index contributed by atoms with van der Waals surface area (Å²) < 4.78 is 11.9. The molecule has 3 aromatic rings. The zero-order valence-electron chi connectivity index (χ0n) is 19.4. The molecular weight excluding hydrogens is 452 g/mol. The summed E-state index contributed by atoms with van der Waals surface area (Å²) in [5.74, 6) is -1.66. The first-order valence-corrected chi connectivity index (χ1v) is 11.0. The average molecular weight is 479 g/mol. The maximum atomic E-state index is 12.4. The van der Waals surface area contributed by atoms with Crippen molar-refractivity contribution in [3.8, 4) is 11.1 Å². The summed E-state index contributed by atoms with van der Waals surface area (Å²) in [5.41, 5.74) is 4.88. The van der Waals surface area contributed by atoms with Crippen LogP contribution < -0.4 is 10.6 Å². The van der Waals surface area contributed by atoms with Crippen LogP contribution in [0.25, 0.3) is 11.1 Å². The van der Waals surface area contributed by atoms with E-state index >= 15 is 0 Å². The number of methoxy groups -OCH3 is 1. The van der Waals surface area contributed by atoms with Crippen LogP contribution in [0.5, 0.6) is 0 Å². The Kier molecular flexibility index (Phi) is 7.11. The molecule has 0 radical (unpaired) electrons. The van der Waals surface area contributed by atoms with Crippen molar-refractivity contribution >= 4 is 18.0 Å². The molecule has 35 heavy (non-hydrogen) atoms. The Morgan fingerprint density at radius 2 is 1.69 bits per heavy atom. The molecule has 1 heterocycles. The van der Waals surface area contributed by atoms with Crippen molar-refractivity contribution in [2.24, 2.45) is 7.05 Å². The Labute approximate surface area is 201 Å². The predicted molar refractivity (Wildman–Crippen MR) is 126 cm³/mol. The smallest absolute Gasteiger partial charge is 0.407 e. The van der Waals surface area contributed by atoms with Gasteiger partial charge in [0.05, 0.1) is 18.8 Å². The van der Waals surface area contributed by atoms with E-state index in [2.05, 4.69) is 27.9 Å². The van der Waals surface area contributed by atoms with Gasteiger partial charge in [-0.2, -0.15) is 5.10 Å². The number of hydrogen-bond acceptors (Lipinski definition) is 6. The van der Waals surface area contributed by atoms with Gasteiger partial charge in [0, 0.05) is 20.1 Å². The number of carboxylic acid groups (broad SMARTS) is 1. The van der Waals surface area contributed by atoms with E-state index < -0.39 is 24.1 Å². The number of amides is 2. The number of carbonyl (C=O) groups is 3. The number of aromatic nitrogens is 2. The highest BCUT2D eigenvalue weighted by atomic mass is 16.5. The number of nitrogens with one attached hydrogen (secondary N) is 2. The third-order valence-electron chi connectivity index (χ3n) is 5.95. The van der Waals surface area contributed by atoms with Gasteiger partial charge in [-0.25, -0.2) is 9.59 Å². The van der Waals surface area contributed by atoms with Crippen LogP contribution in [-0.4, -0.2) is 59.2 Å². The molecule has 0 bridgehead atoms. The maximum absolute atomic E-state index is 12.4. The lowest BCUT2D eigenvalue weighted by atomic mass is 9.98. The minimum atomic E-state index is -1.11. The van der Waals surface area contributed by atoms with Crippen molar-refractivity contribution < 1.29 is 29.0 Å². The van der Waals surface area contributed by atoms with Crippen LogP contribution in [0.1, 0.15) is 33.2 Å². The van der Waals surface area contributed by atoms with Crippen molar-refractivity contribution in [1.82, 2.24) is 20.4 Å². The molecule has 1 aliphatic rings. The van der Waals surface area contributed by atoms with Gasteiger partial charge in [-0.05, 0) is 28.3 Å². The van der Waals surface area contributed by atoms with Crippen LogP contribution in [0.3, 0.4) is 0 Å². The van der Waals surface area contributed by atoms with Crippen molar-refractivity contribution in [1.29, 1.82) is 0 Å². The Morgan fingerprint density at radius 3 is 2.26 bits per heavy atom. The number of carboxylic acids is 1. The number of carbonyl (C=O) groups excluding carboxylic acids is 2. The summed E-state index contributed by atoms with van der Waals surface area (Å²) in [4.78, 5) is 35.9. The molecule has 10 nitrogen and oxygen atoms in total. The second-order valence-electron chi connectivity index (χ2n) is 8.10. The van der Waals surface area contributed by atoms with Gasteiger partial charge in [0.2, 0.25) is 0 Å². The van der Waals surface area contributed by atoms with Crippen LogP contribution >= 0.6 is 0 Å². The summed E-state index contributed by atoms with van der Waals surface area (Å²) in [7, 11) is 2.86. The molecule has 1 aliphatic carbocycles. The van der Waals surface area contributed by atoms with E-state index in [4.69, 9.17) is 14.6 Å². The van der Waals surface area contributed by atoms with Crippen molar-refractivity contribution in [2.75, 3.05) is 20.3 Å². The molecule has 4 rings (SSSR count). The summed E-state index contributed by atoms with van der Waals surface area (Å²) in [6.07, 6.45) is -1.62. The van der Waals surface area contributed by atoms with E-state index in [-0.39, 0.29) is 31.3 Å². The molecule has 0 saturated heterocycles. The normalized spacial score (nSPS) is 13.0. The van der Waals surface area contributed by atoms with Gasteiger partial charge in [0.25, 0.3) is 5.91 Å². The number of nitrogens with zero attached hydrogens (tertiary/aromatic N) is 2. The first-order chi connectivity index (χ1) is 16.9. The van der Waals surface area contributed by atoms with E-state index in [1.165, 1.54) is 24.9 Å². The monoisotopic (exact) mass is 478 g/mol. The van der Waals surface area contributed by atoms with Gasteiger partial charge < -0.3 is 25.2 Å². The number of aryl methyl sites for hydroxylation is 1. The lowest BCUT2D eigenvalue weighted by Gasteiger charge is -2.17. The second kappa shape index (κ2) is 10.4. The van der Waals surface area contributed by atoms with Gasteiger partial charge in [-0.15, -0.1) is 0 Å². The number of alkyl carbamates (subject to hydrolysis) is 1. The number of rotatable bonds is 9. The Bertz CT molecular complexity index is 1210. The Hall–Kier alpha value is -4.18. The molecule has 3 N–H and O–H groups in total. The second-order valence-corrected chi connectivity index (χ2v) is 8.10. The standard InChI is InChI=1S/C25H26N4O6/c1-29-21(24(31)32)11-15(28-29)12-26-23(30)22(34-2)13-27-25(33)35-14-20-18-9-5-3-7-16(18)17-8-4-6-10-19(17)20/h3-11,20,22H,12-14H2,1-2H3,(H,26,30)(H,27,33)(H,31,32). The number of hydrogen-bond donors (Lipinski definition) is 3. The van der Waals surface area contributed by atoms with Gasteiger partial charge in [-0.3, -0.25) is 9.48 Å². The average Bonchev–Trinajstić information content (AvgIpc) is 3.39. The van der Waals surface area contributed by atoms with Crippen LogP contribution in [-0.2, 0) is 27.9 Å². The molecule has 0 saturated carbocycles. The highest BCUT2D eigenvalue weighted by Gasteiger charge is 2.29. The lowest BCUT2D eigenvalue weighted by Crippen LogP contribution is -2.43. The van der Waals surface area contributed by atoms with Crippen molar-refractivity contribution in [3.63, 3.8) is 0 Å². The molecule has 1 unspecified atom stereocenters. The van der Waals surface area contributed by atoms with E-state index in [0.29, 0.717) is 5.69 Å². The molecule has 182 valence electrons. The SMILES string of the molecule is COC(CNC(=O)OCC1c2ccccc2-c2ccccc21)C(=O)NCc1cc(C(=O)O)n(C)n1. The first kappa shape index (κ1) is 24.0. The quantitative estimate of drug-likeness (QED) is 0.430. The molecule has 2 aromatic carbocycles. The minimum absolute atomic E-state index is 0.00876. The van der Waals surface area contributed by atoms with Crippen molar-refractivity contribution in [3.05, 3.63) is 77.1 Å². The molecule has 2 amide bonds. The number of ether oxygens (including phenoxy) is 2. The fourth-order valence-electron chi connectivity index (χ4n) is 4.21. The Balaban J connectivity index is 1.28. The number of fused-ring (bicyclic) bond motifs is 3. The fraction of sp³-hybridized carbons (Fsp3) is 0.280. The summed E-state index contributed by atoms with van der Waals surface area (Å²) >= 11 is 0. The summed E-state index contributed by atoms with van der Waals surface area (Å²) in [6, 6.07) is 17.5. The minimum Gasteiger partial charge on any atom is -0.477 e. The van der Waals surface area contributed by atoms with Gasteiger partial charge in [0.15, 0.2) is 6.10 Å². The van der Waals surface area contributed by atoms with E-state index in [9.17, 15) is 14.4 Å². The van der Waals surface area contributed by atoms with Crippen molar-refractivity contribution in [2.45, 2.75) is 18.6 Å². The highest BCUT2D eigenvalue weighted by molar-refractivity contribution is 5.86. The Morgan fingerprint density at radius 1 is 1.06 bits per heavy atom. The lowest BCUT2D eigenvalue weighted by molar-refractivity contribution is -0.130. The predicted octanol–water partition coefficient (Wildman–Crippen LogP) is 2.29. The number of benzene rings is 2. The van der Waals surface area contributed by atoms with E-state index in [1.807, 2.05) is 36.4 Å². The highest BCUT2D eigenvalue weighted by Crippen LogP contribution is 2.44. The number of aromatic carboxylic acids is 1. The molecule has 0 spiro atoms. The molecular formula is C25H26N4O6. The molecule has 1 aromatic heterocycles. The molecule has 1 atom stereocenters. The van der Waals surface area contributed by atoms with Crippen LogP contribution in [0.2, 0.25) is 0 Å². The third kappa shape index (κ3) is 5.17. The maximum Gasteiger partial charge on any atom is 0.407 e. The topological polar surface area (TPSA) is 132 Å². The molecule has 0 fully saturated rings. The largest absolute Gasteiger partial charge is 0.477 e.